The van der Waals surface area contributed by atoms with Gasteiger partial charge in [0.05, 0.1) is 0 Å². The molecule has 0 bridgehead atoms. The Morgan fingerprint density at radius 1 is 0.720 bits per heavy atom. The molecule has 0 saturated carbocycles. The van der Waals surface area contributed by atoms with Gasteiger partial charge in [-0.3, -0.25) is 4.79 Å². The molecule has 0 spiro atoms. The van der Waals surface area contributed by atoms with Gasteiger partial charge in [0, 0.05) is 16.2 Å². The number of benzene rings is 3. The smallest absolute Gasteiger partial charge is 0.230 e. The van der Waals surface area contributed by atoms with Gasteiger partial charge < -0.3 is 4.57 Å². The minimum Gasteiger partial charge on any atom is -0.305 e. The summed E-state index contributed by atoms with van der Waals surface area (Å²) in [4.78, 5) is 13.4. The molecule has 0 aliphatic heterocycles. The molecule has 0 saturated heterocycles. The van der Waals surface area contributed by atoms with Crippen LogP contribution in [0.2, 0.25) is 0 Å². The van der Waals surface area contributed by atoms with Crippen molar-refractivity contribution in [3.05, 3.63) is 95.1 Å². The van der Waals surface area contributed by atoms with E-state index in [1.807, 2.05) is 57.2 Å². The predicted octanol–water partition coefficient (Wildman–Crippen LogP) is 4.77. The summed E-state index contributed by atoms with van der Waals surface area (Å²) in [6.45, 7) is 5.99. The van der Waals surface area contributed by atoms with Gasteiger partial charge in [0.1, 0.15) is 0 Å². The third kappa shape index (κ3) is 2.99. The molecule has 3 rings (SSSR count). The molecule has 0 amide bonds. The van der Waals surface area contributed by atoms with Crippen LogP contribution in [0.1, 0.15) is 27.0 Å². The molecule has 1 atom stereocenters. The fraction of sp³-hybridized carbons (Fsp3) is 0.136. The van der Waals surface area contributed by atoms with Crippen molar-refractivity contribution < 1.29 is 9.36 Å². The molecule has 0 fully saturated rings. The first-order valence-electron chi connectivity index (χ1n) is 8.29. The summed E-state index contributed by atoms with van der Waals surface area (Å²) in [6, 6.07) is 21.8. The first-order chi connectivity index (χ1) is 12.0. The Morgan fingerprint density at radius 3 is 1.88 bits per heavy atom. The molecule has 25 heavy (non-hydrogen) atoms. The average molecular weight is 348 g/mol. The highest BCUT2D eigenvalue weighted by molar-refractivity contribution is 7.93. The van der Waals surface area contributed by atoms with Crippen LogP contribution in [-0.4, -0.2) is 5.52 Å². The van der Waals surface area contributed by atoms with E-state index in [2.05, 4.69) is 0 Å². The fourth-order valence-corrected chi connectivity index (χ4v) is 5.81. The summed E-state index contributed by atoms with van der Waals surface area (Å²) in [7, 11) is -3.46. The Kier molecular flexibility index (Phi) is 4.74. The van der Waals surface area contributed by atoms with Crippen LogP contribution in [0.4, 0.5) is 0 Å². The van der Waals surface area contributed by atoms with Crippen LogP contribution >= 0.6 is 7.14 Å². The highest BCUT2D eigenvalue weighted by Crippen LogP contribution is 2.48. The topological polar surface area (TPSA) is 34.1 Å². The Morgan fingerprint density at radius 2 is 1.28 bits per heavy atom. The van der Waals surface area contributed by atoms with Gasteiger partial charge >= 0.3 is 0 Å². The molecule has 3 aromatic rings. The van der Waals surface area contributed by atoms with E-state index in [0.29, 0.717) is 16.2 Å². The maximum absolute atomic E-state index is 14.3. The lowest BCUT2D eigenvalue weighted by Gasteiger charge is -2.21. The monoisotopic (exact) mass is 348 g/mol. The number of carbonyl (C=O) groups excluding carboxylic acids is 1. The molecule has 3 aromatic carbocycles. The second kappa shape index (κ2) is 6.82. The molecule has 0 aromatic heterocycles. The van der Waals surface area contributed by atoms with Crippen molar-refractivity contribution in [1.29, 1.82) is 0 Å². The van der Waals surface area contributed by atoms with Gasteiger partial charge in [-0.2, -0.15) is 0 Å². The molecular formula is C22H21O2P. The molecule has 0 heterocycles. The van der Waals surface area contributed by atoms with E-state index in [1.54, 1.807) is 36.4 Å². The minimum atomic E-state index is -3.46. The Hall–Kier alpha value is -2.44. The molecule has 3 heteroatoms. The number of carbonyl (C=O) groups is 1. The first kappa shape index (κ1) is 17.4. The van der Waals surface area contributed by atoms with Crippen molar-refractivity contribution in [2.45, 2.75) is 20.8 Å². The van der Waals surface area contributed by atoms with Crippen molar-refractivity contribution in [3.8, 4) is 0 Å². The lowest BCUT2D eigenvalue weighted by Crippen LogP contribution is -2.25. The normalized spacial score (nSPS) is 13.2. The number of hydrogen-bond acceptors (Lipinski definition) is 2. The summed E-state index contributed by atoms with van der Waals surface area (Å²) < 4.78 is 14.3. The summed E-state index contributed by atoms with van der Waals surface area (Å²) in [5.74, 6) is 0. The SMILES string of the molecule is Cc1ccc(P(=O)(C(=O)c2ccccc2)c2ccccc2)c(C)c1C. The number of rotatable bonds is 4. The fourth-order valence-electron chi connectivity index (χ4n) is 3.05. The molecule has 0 N–H and O–H groups in total. The molecular weight excluding hydrogens is 327 g/mol. The van der Waals surface area contributed by atoms with Crippen LogP contribution in [0.3, 0.4) is 0 Å². The average Bonchev–Trinajstić information content (AvgIpc) is 2.66. The Labute approximate surface area is 148 Å². The second-order valence-electron chi connectivity index (χ2n) is 6.27. The summed E-state index contributed by atoms with van der Waals surface area (Å²) in [5, 5.41) is 1.21. The van der Waals surface area contributed by atoms with E-state index in [1.165, 1.54) is 0 Å². The zero-order chi connectivity index (χ0) is 18.0. The highest BCUT2D eigenvalue weighted by Gasteiger charge is 2.37. The van der Waals surface area contributed by atoms with Gasteiger partial charge in [-0.15, -0.1) is 0 Å². The maximum Gasteiger partial charge on any atom is 0.230 e. The largest absolute Gasteiger partial charge is 0.305 e. The third-order valence-corrected chi connectivity index (χ3v) is 7.81. The second-order valence-corrected chi connectivity index (χ2v) is 8.89. The van der Waals surface area contributed by atoms with E-state index >= 15 is 0 Å². The molecule has 0 aliphatic carbocycles. The van der Waals surface area contributed by atoms with Gasteiger partial charge in [-0.1, -0.05) is 72.8 Å². The predicted molar refractivity (Wildman–Crippen MR) is 105 cm³/mol. The van der Waals surface area contributed by atoms with Crippen LogP contribution < -0.4 is 10.6 Å². The number of aryl methyl sites for hydroxylation is 1. The summed E-state index contributed by atoms with van der Waals surface area (Å²) in [5.41, 5.74) is 3.30. The van der Waals surface area contributed by atoms with Gasteiger partial charge in [-0.25, -0.2) is 0 Å². The van der Waals surface area contributed by atoms with E-state index in [0.717, 1.165) is 16.7 Å². The highest BCUT2D eigenvalue weighted by atomic mass is 31.2. The van der Waals surface area contributed by atoms with Crippen LogP contribution in [0.25, 0.3) is 0 Å². The Balaban J connectivity index is 2.30. The minimum absolute atomic E-state index is 0.314. The lowest BCUT2D eigenvalue weighted by atomic mass is 10.1. The molecule has 0 aliphatic rings. The Bertz CT molecular complexity index is 960. The maximum atomic E-state index is 14.3. The van der Waals surface area contributed by atoms with Crippen molar-refractivity contribution in [1.82, 2.24) is 0 Å². The molecule has 126 valence electrons. The van der Waals surface area contributed by atoms with Crippen LogP contribution in [0.15, 0.2) is 72.8 Å². The van der Waals surface area contributed by atoms with Gasteiger partial charge in [0.25, 0.3) is 0 Å². The van der Waals surface area contributed by atoms with E-state index in [9.17, 15) is 9.36 Å². The summed E-state index contributed by atoms with van der Waals surface area (Å²) >= 11 is 0. The summed E-state index contributed by atoms with van der Waals surface area (Å²) in [6.07, 6.45) is 0. The molecule has 1 unspecified atom stereocenters. The van der Waals surface area contributed by atoms with Crippen LogP contribution in [0, 0.1) is 20.8 Å². The first-order valence-corrected chi connectivity index (χ1v) is 10.00. The van der Waals surface area contributed by atoms with E-state index < -0.39 is 7.14 Å². The quantitative estimate of drug-likeness (QED) is 0.637. The van der Waals surface area contributed by atoms with Crippen molar-refractivity contribution in [3.63, 3.8) is 0 Å². The van der Waals surface area contributed by atoms with Gasteiger partial charge in [-0.05, 0) is 37.5 Å². The van der Waals surface area contributed by atoms with Crippen LogP contribution in [0.5, 0.6) is 0 Å². The molecule has 2 nitrogen and oxygen atoms in total. The van der Waals surface area contributed by atoms with Crippen LogP contribution in [-0.2, 0) is 4.57 Å². The van der Waals surface area contributed by atoms with Crippen molar-refractivity contribution in [2.75, 3.05) is 0 Å². The van der Waals surface area contributed by atoms with E-state index in [-0.39, 0.29) is 5.52 Å². The lowest BCUT2D eigenvalue weighted by molar-refractivity contribution is 0.107. The number of hydrogen-bond donors (Lipinski definition) is 0. The standard InChI is InChI=1S/C22H21O2P/c1-16-14-15-21(18(3)17(16)2)25(24,20-12-8-5-9-13-20)22(23)19-10-6-4-7-11-19/h4-15H,1-3H3. The zero-order valence-corrected chi connectivity index (χ0v) is 15.6. The van der Waals surface area contributed by atoms with Gasteiger partial charge in [0.15, 0.2) is 0 Å². The zero-order valence-electron chi connectivity index (χ0n) is 14.7. The molecule has 0 radical (unpaired) electrons. The van der Waals surface area contributed by atoms with Gasteiger partial charge in [0.2, 0.25) is 12.7 Å². The van der Waals surface area contributed by atoms with E-state index in [4.69, 9.17) is 0 Å². The van der Waals surface area contributed by atoms with Crippen molar-refractivity contribution >= 4 is 23.3 Å². The van der Waals surface area contributed by atoms with Crippen molar-refractivity contribution in [2.24, 2.45) is 0 Å². The third-order valence-electron chi connectivity index (χ3n) is 4.80.